The summed E-state index contributed by atoms with van der Waals surface area (Å²) in [7, 11) is 0. The molecule has 0 atom stereocenters. The van der Waals surface area contributed by atoms with E-state index in [4.69, 9.17) is 4.42 Å². The number of piperidine rings is 1. The van der Waals surface area contributed by atoms with Gasteiger partial charge in [0.1, 0.15) is 5.82 Å². The Bertz CT molecular complexity index is 593. The molecule has 0 unspecified atom stereocenters. The first-order chi connectivity index (χ1) is 10.2. The molecule has 0 aliphatic carbocycles. The van der Waals surface area contributed by atoms with E-state index in [1.165, 1.54) is 0 Å². The van der Waals surface area contributed by atoms with Crippen LogP contribution in [-0.4, -0.2) is 33.4 Å². The molecule has 1 amide bonds. The lowest BCUT2D eigenvalue weighted by Gasteiger charge is -2.31. The second-order valence-electron chi connectivity index (χ2n) is 5.83. The summed E-state index contributed by atoms with van der Waals surface area (Å²) in [6, 6.07) is 3.89. The van der Waals surface area contributed by atoms with Crippen LogP contribution in [0.25, 0.3) is 0 Å². The Morgan fingerprint density at radius 2 is 2.14 bits per heavy atom. The third kappa shape index (κ3) is 2.73. The summed E-state index contributed by atoms with van der Waals surface area (Å²) in [6.45, 7) is 5.85. The molecule has 0 aromatic carbocycles. The zero-order valence-corrected chi connectivity index (χ0v) is 12.5. The van der Waals surface area contributed by atoms with E-state index in [9.17, 15) is 4.79 Å². The minimum Gasteiger partial charge on any atom is -0.459 e. The highest BCUT2D eigenvalue weighted by atomic mass is 16.3. The Morgan fingerprint density at radius 3 is 2.76 bits per heavy atom. The molecule has 0 spiro atoms. The number of imidazole rings is 1. The Kier molecular flexibility index (Phi) is 3.82. The molecule has 2 aromatic rings. The zero-order valence-electron chi connectivity index (χ0n) is 12.5. The van der Waals surface area contributed by atoms with Gasteiger partial charge in [0.15, 0.2) is 5.76 Å². The fraction of sp³-hybridized carbons (Fsp3) is 0.500. The number of hydrogen-bond acceptors (Lipinski definition) is 3. The van der Waals surface area contributed by atoms with Gasteiger partial charge in [-0.25, -0.2) is 4.98 Å². The minimum absolute atomic E-state index is 0.00866. The Labute approximate surface area is 124 Å². The van der Waals surface area contributed by atoms with Crippen LogP contribution in [0.3, 0.4) is 0 Å². The number of aromatic nitrogens is 2. The van der Waals surface area contributed by atoms with Gasteiger partial charge < -0.3 is 13.9 Å². The highest BCUT2D eigenvalue weighted by Gasteiger charge is 2.28. The van der Waals surface area contributed by atoms with Crippen LogP contribution in [-0.2, 0) is 0 Å². The van der Waals surface area contributed by atoms with Gasteiger partial charge in [-0.2, -0.15) is 0 Å². The predicted octanol–water partition coefficient (Wildman–Crippen LogP) is 3.08. The number of nitrogens with zero attached hydrogens (tertiary/aromatic N) is 3. The molecule has 1 aliphatic heterocycles. The smallest absolute Gasteiger partial charge is 0.289 e. The molecule has 21 heavy (non-hydrogen) atoms. The van der Waals surface area contributed by atoms with Crippen molar-refractivity contribution in [3.05, 3.63) is 42.4 Å². The van der Waals surface area contributed by atoms with Crippen molar-refractivity contribution in [1.82, 2.24) is 14.5 Å². The van der Waals surface area contributed by atoms with Gasteiger partial charge in [0.05, 0.1) is 6.26 Å². The van der Waals surface area contributed by atoms with Crippen molar-refractivity contribution in [1.29, 1.82) is 0 Å². The lowest BCUT2D eigenvalue weighted by molar-refractivity contribution is 0.0678. The van der Waals surface area contributed by atoms with Crippen LogP contribution in [0.2, 0.25) is 0 Å². The first-order valence-electron chi connectivity index (χ1n) is 7.52. The summed E-state index contributed by atoms with van der Waals surface area (Å²) in [4.78, 5) is 18.6. The largest absolute Gasteiger partial charge is 0.459 e. The third-order valence-corrected chi connectivity index (χ3v) is 4.13. The lowest BCUT2D eigenvalue weighted by atomic mass is 9.95. The fourth-order valence-electron chi connectivity index (χ4n) is 2.97. The summed E-state index contributed by atoms with van der Waals surface area (Å²) >= 11 is 0. The topological polar surface area (TPSA) is 51.3 Å². The van der Waals surface area contributed by atoms with Crippen molar-refractivity contribution < 1.29 is 9.21 Å². The van der Waals surface area contributed by atoms with Crippen LogP contribution >= 0.6 is 0 Å². The van der Waals surface area contributed by atoms with Gasteiger partial charge in [0.25, 0.3) is 5.91 Å². The maximum atomic E-state index is 12.2. The molecule has 0 saturated carbocycles. The summed E-state index contributed by atoms with van der Waals surface area (Å²) < 4.78 is 7.42. The van der Waals surface area contributed by atoms with E-state index in [2.05, 4.69) is 23.4 Å². The number of likely N-dealkylation sites (tertiary alicyclic amines) is 1. The van der Waals surface area contributed by atoms with Gasteiger partial charge in [-0.3, -0.25) is 4.79 Å². The third-order valence-electron chi connectivity index (χ3n) is 4.13. The number of hydrogen-bond donors (Lipinski definition) is 0. The van der Waals surface area contributed by atoms with Crippen LogP contribution in [0.5, 0.6) is 0 Å². The summed E-state index contributed by atoms with van der Waals surface area (Å²) in [5.41, 5.74) is 0. The van der Waals surface area contributed by atoms with Gasteiger partial charge in [-0.15, -0.1) is 0 Å². The summed E-state index contributed by atoms with van der Waals surface area (Å²) in [5, 5.41) is 0. The number of carbonyl (C=O) groups excluding carboxylic acids is 1. The zero-order chi connectivity index (χ0) is 14.8. The molecule has 1 aliphatic rings. The first-order valence-corrected chi connectivity index (χ1v) is 7.52. The first kappa shape index (κ1) is 13.9. The van der Waals surface area contributed by atoms with Crippen LogP contribution < -0.4 is 0 Å². The second kappa shape index (κ2) is 5.76. The molecule has 3 heterocycles. The van der Waals surface area contributed by atoms with E-state index in [1.54, 1.807) is 18.4 Å². The molecule has 5 heteroatoms. The highest BCUT2D eigenvalue weighted by molar-refractivity contribution is 5.91. The lowest BCUT2D eigenvalue weighted by Crippen LogP contribution is -2.38. The Hall–Kier alpha value is -2.04. The van der Waals surface area contributed by atoms with Crippen molar-refractivity contribution in [2.24, 2.45) is 0 Å². The Morgan fingerprint density at radius 1 is 1.38 bits per heavy atom. The number of carbonyl (C=O) groups is 1. The number of furan rings is 1. The molecule has 1 saturated heterocycles. The van der Waals surface area contributed by atoms with Gasteiger partial charge in [0.2, 0.25) is 0 Å². The molecule has 0 radical (unpaired) electrons. The molecule has 2 aromatic heterocycles. The van der Waals surface area contributed by atoms with Crippen molar-refractivity contribution in [2.45, 2.75) is 38.6 Å². The maximum absolute atomic E-state index is 12.2. The van der Waals surface area contributed by atoms with Crippen molar-refractivity contribution in [2.75, 3.05) is 13.1 Å². The molecule has 112 valence electrons. The average Bonchev–Trinajstić information content (AvgIpc) is 3.18. The van der Waals surface area contributed by atoms with Gasteiger partial charge >= 0.3 is 0 Å². The van der Waals surface area contributed by atoms with Crippen molar-refractivity contribution >= 4 is 5.91 Å². The van der Waals surface area contributed by atoms with Crippen LogP contribution in [0.15, 0.2) is 35.2 Å². The van der Waals surface area contributed by atoms with Gasteiger partial charge in [-0.1, -0.05) is 0 Å². The summed E-state index contributed by atoms with van der Waals surface area (Å²) in [5.74, 6) is 2.00. The molecule has 0 N–H and O–H groups in total. The van der Waals surface area contributed by atoms with Crippen molar-refractivity contribution in [3.8, 4) is 0 Å². The minimum atomic E-state index is -0.00866. The van der Waals surface area contributed by atoms with Crippen LogP contribution in [0.4, 0.5) is 0 Å². The SMILES string of the molecule is CC(C)n1ccnc1C1CCN(C(=O)c2ccco2)CC1. The van der Waals surface area contributed by atoms with E-state index in [1.807, 2.05) is 17.3 Å². The monoisotopic (exact) mass is 287 g/mol. The maximum Gasteiger partial charge on any atom is 0.289 e. The van der Waals surface area contributed by atoms with Crippen molar-refractivity contribution in [3.63, 3.8) is 0 Å². The number of amides is 1. The number of rotatable bonds is 3. The molecule has 0 bridgehead atoms. The summed E-state index contributed by atoms with van der Waals surface area (Å²) in [6.07, 6.45) is 7.36. The van der Waals surface area contributed by atoms with E-state index in [0.29, 0.717) is 17.7 Å². The fourth-order valence-corrected chi connectivity index (χ4v) is 2.97. The standard InChI is InChI=1S/C16H21N3O2/c1-12(2)19-10-7-17-15(19)13-5-8-18(9-6-13)16(20)14-4-3-11-21-14/h3-4,7,10-13H,5-6,8-9H2,1-2H3. The van der Waals surface area contributed by atoms with Crippen LogP contribution in [0.1, 0.15) is 55.0 Å². The molecule has 1 fully saturated rings. The molecule has 5 nitrogen and oxygen atoms in total. The molecule has 3 rings (SSSR count). The van der Waals surface area contributed by atoms with E-state index < -0.39 is 0 Å². The van der Waals surface area contributed by atoms with Gasteiger partial charge in [0, 0.05) is 37.4 Å². The quantitative estimate of drug-likeness (QED) is 0.871. The normalized spacial score (nSPS) is 16.6. The van der Waals surface area contributed by atoms with Crippen LogP contribution in [0, 0.1) is 0 Å². The van der Waals surface area contributed by atoms with Gasteiger partial charge in [-0.05, 0) is 38.8 Å². The predicted molar refractivity (Wildman–Crippen MR) is 79.2 cm³/mol. The highest BCUT2D eigenvalue weighted by Crippen LogP contribution is 2.29. The van der Waals surface area contributed by atoms with E-state index in [-0.39, 0.29) is 5.91 Å². The van der Waals surface area contributed by atoms with E-state index in [0.717, 1.165) is 31.8 Å². The average molecular weight is 287 g/mol. The Balaban J connectivity index is 1.65. The molecular formula is C16H21N3O2. The molecular weight excluding hydrogens is 266 g/mol. The second-order valence-corrected chi connectivity index (χ2v) is 5.83. The van der Waals surface area contributed by atoms with E-state index >= 15 is 0 Å².